The largest absolute Gasteiger partial charge is 0.382 e. The molecule has 1 aliphatic heterocycles. The van der Waals surface area contributed by atoms with Crippen LogP contribution < -0.4 is 10.6 Å². The maximum atomic E-state index is 12.8. The third kappa shape index (κ3) is 3.09. The number of hydrogen-bond donors (Lipinski definition) is 2. The van der Waals surface area contributed by atoms with E-state index in [-0.39, 0.29) is 5.82 Å². The SMILES string of the molecule is Fc1ccc(NCC2CCCCN2)c(Cl)c1. The summed E-state index contributed by atoms with van der Waals surface area (Å²) in [6.07, 6.45) is 3.72. The van der Waals surface area contributed by atoms with Crippen LogP contribution in [0.4, 0.5) is 10.1 Å². The molecule has 1 heterocycles. The number of hydrogen-bond acceptors (Lipinski definition) is 2. The first kappa shape index (κ1) is 11.7. The van der Waals surface area contributed by atoms with Gasteiger partial charge in [0, 0.05) is 12.6 Å². The van der Waals surface area contributed by atoms with Crippen LogP contribution in [-0.2, 0) is 0 Å². The summed E-state index contributed by atoms with van der Waals surface area (Å²) >= 11 is 5.92. The van der Waals surface area contributed by atoms with E-state index in [2.05, 4.69) is 10.6 Å². The standard InChI is InChI=1S/C12H16ClFN2/c13-11-7-9(14)4-5-12(11)16-8-10-3-1-2-6-15-10/h4-5,7,10,15-16H,1-3,6,8H2. The quantitative estimate of drug-likeness (QED) is 0.852. The molecule has 1 atom stereocenters. The van der Waals surface area contributed by atoms with E-state index in [1.165, 1.54) is 31.4 Å². The van der Waals surface area contributed by atoms with Gasteiger partial charge in [-0.15, -0.1) is 0 Å². The molecule has 2 N–H and O–H groups in total. The van der Waals surface area contributed by atoms with Crippen molar-refractivity contribution in [3.63, 3.8) is 0 Å². The Kier molecular flexibility index (Phi) is 4.02. The van der Waals surface area contributed by atoms with Crippen LogP contribution in [0, 0.1) is 5.82 Å². The first-order valence-electron chi connectivity index (χ1n) is 5.68. The summed E-state index contributed by atoms with van der Waals surface area (Å²) in [4.78, 5) is 0. The fourth-order valence-corrected chi connectivity index (χ4v) is 2.20. The minimum atomic E-state index is -0.300. The van der Waals surface area contributed by atoms with Gasteiger partial charge in [-0.25, -0.2) is 4.39 Å². The number of halogens is 2. The molecule has 4 heteroatoms. The maximum Gasteiger partial charge on any atom is 0.124 e. The van der Waals surface area contributed by atoms with E-state index in [9.17, 15) is 4.39 Å². The van der Waals surface area contributed by atoms with Gasteiger partial charge < -0.3 is 10.6 Å². The molecule has 2 nitrogen and oxygen atoms in total. The van der Waals surface area contributed by atoms with Crippen molar-refractivity contribution in [3.8, 4) is 0 Å². The minimum absolute atomic E-state index is 0.300. The van der Waals surface area contributed by atoms with Gasteiger partial charge in [0.05, 0.1) is 10.7 Å². The van der Waals surface area contributed by atoms with Crippen molar-refractivity contribution in [2.75, 3.05) is 18.4 Å². The Morgan fingerprint density at radius 2 is 2.31 bits per heavy atom. The minimum Gasteiger partial charge on any atom is -0.382 e. The predicted molar refractivity (Wildman–Crippen MR) is 65.5 cm³/mol. The van der Waals surface area contributed by atoms with E-state index in [0.29, 0.717) is 11.1 Å². The number of rotatable bonds is 3. The van der Waals surface area contributed by atoms with Crippen molar-refractivity contribution >= 4 is 17.3 Å². The van der Waals surface area contributed by atoms with E-state index in [1.54, 1.807) is 6.07 Å². The summed E-state index contributed by atoms with van der Waals surface area (Å²) in [5.41, 5.74) is 0.801. The van der Waals surface area contributed by atoms with Crippen LogP contribution in [0.15, 0.2) is 18.2 Å². The van der Waals surface area contributed by atoms with Crippen LogP contribution >= 0.6 is 11.6 Å². The Labute approximate surface area is 100 Å². The molecule has 16 heavy (non-hydrogen) atoms. The van der Waals surface area contributed by atoms with Gasteiger partial charge in [-0.1, -0.05) is 18.0 Å². The van der Waals surface area contributed by atoms with Gasteiger partial charge in [-0.05, 0) is 37.6 Å². The van der Waals surface area contributed by atoms with E-state index >= 15 is 0 Å². The second-order valence-corrected chi connectivity index (χ2v) is 4.56. The topological polar surface area (TPSA) is 24.1 Å². The van der Waals surface area contributed by atoms with Gasteiger partial charge in [-0.2, -0.15) is 0 Å². The van der Waals surface area contributed by atoms with Crippen LogP contribution in [0.5, 0.6) is 0 Å². The first-order valence-corrected chi connectivity index (χ1v) is 6.06. The van der Waals surface area contributed by atoms with E-state index in [4.69, 9.17) is 11.6 Å². The second-order valence-electron chi connectivity index (χ2n) is 4.15. The van der Waals surface area contributed by atoms with Crippen molar-refractivity contribution in [2.24, 2.45) is 0 Å². The fourth-order valence-electron chi connectivity index (χ4n) is 1.96. The number of benzene rings is 1. The summed E-state index contributed by atoms with van der Waals surface area (Å²) in [5.74, 6) is -0.300. The van der Waals surface area contributed by atoms with Crippen molar-refractivity contribution in [1.29, 1.82) is 0 Å². The Bertz CT molecular complexity index is 351. The Morgan fingerprint density at radius 3 is 3.00 bits per heavy atom. The zero-order valence-electron chi connectivity index (χ0n) is 9.10. The van der Waals surface area contributed by atoms with Gasteiger partial charge >= 0.3 is 0 Å². The normalized spacial score (nSPS) is 20.8. The predicted octanol–water partition coefficient (Wildman–Crippen LogP) is 3.03. The first-order chi connectivity index (χ1) is 7.75. The van der Waals surface area contributed by atoms with E-state index in [0.717, 1.165) is 18.8 Å². The van der Waals surface area contributed by atoms with Crippen LogP contribution in [0.25, 0.3) is 0 Å². The molecule has 0 aliphatic carbocycles. The number of piperidine rings is 1. The summed E-state index contributed by atoms with van der Waals surface area (Å²) in [5, 5.41) is 7.13. The Morgan fingerprint density at radius 1 is 1.44 bits per heavy atom. The molecule has 1 aromatic rings. The lowest BCUT2D eigenvalue weighted by molar-refractivity contribution is 0.414. The molecule has 1 aliphatic rings. The highest BCUT2D eigenvalue weighted by atomic mass is 35.5. The number of nitrogens with one attached hydrogen (secondary N) is 2. The molecule has 1 saturated heterocycles. The van der Waals surface area contributed by atoms with Gasteiger partial charge in [0.15, 0.2) is 0 Å². The lowest BCUT2D eigenvalue weighted by Crippen LogP contribution is -2.39. The second kappa shape index (κ2) is 5.51. The molecule has 0 aromatic heterocycles. The van der Waals surface area contributed by atoms with Crippen molar-refractivity contribution < 1.29 is 4.39 Å². The third-order valence-corrected chi connectivity index (χ3v) is 3.20. The molecule has 2 rings (SSSR count). The highest BCUT2D eigenvalue weighted by molar-refractivity contribution is 6.33. The average molecular weight is 243 g/mol. The van der Waals surface area contributed by atoms with Crippen LogP contribution in [0.3, 0.4) is 0 Å². The molecule has 1 fully saturated rings. The molecular weight excluding hydrogens is 227 g/mol. The Balaban J connectivity index is 1.88. The third-order valence-electron chi connectivity index (χ3n) is 2.88. The molecule has 0 spiro atoms. The summed E-state index contributed by atoms with van der Waals surface area (Å²) < 4.78 is 12.8. The zero-order chi connectivity index (χ0) is 11.4. The van der Waals surface area contributed by atoms with E-state index in [1.807, 2.05) is 0 Å². The molecular formula is C12H16ClFN2. The van der Waals surface area contributed by atoms with Crippen LogP contribution in [0.2, 0.25) is 5.02 Å². The van der Waals surface area contributed by atoms with Gasteiger partial charge in [-0.3, -0.25) is 0 Å². The van der Waals surface area contributed by atoms with Crippen molar-refractivity contribution in [2.45, 2.75) is 25.3 Å². The average Bonchev–Trinajstić information content (AvgIpc) is 2.29. The molecule has 0 saturated carbocycles. The Hall–Kier alpha value is -0.800. The smallest absolute Gasteiger partial charge is 0.124 e. The van der Waals surface area contributed by atoms with E-state index < -0.39 is 0 Å². The van der Waals surface area contributed by atoms with Gasteiger partial charge in [0.25, 0.3) is 0 Å². The monoisotopic (exact) mass is 242 g/mol. The lowest BCUT2D eigenvalue weighted by Gasteiger charge is -2.24. The van der Waals surface area contributed by atoms with Gasteiger partial charge in [0.2, 0.25) is 0 Å². The summed E-state index contributed by atoms with van der Waals surface area (Å²) in [6.45, 7) is 1.93. The van der Waals surface area contributed by atoms with Crippen molar-refractivity contribution in [3.05, 3.63) is 29.0 Å². The number of anilines is 1. The molecule has 1 aromatic carbocycles. The fraction of sp³-hybridized carbons (Fsp3) is 0.500. The highest BCUT2D eigenvalue weighted by Crippen LogP contribution is 2.22. The zero-order valence-corrected chi connectivity index (χ0v) is 9.86. The summed E-state index contributed by atoms with van der Waals surface area (Å²) in [6, 6.07) is 4.93. The molecule has 1 unspecified atom stereocenters. The maximum absolute atomic E-state index is 12.8. The molecule has 0 radical (unpaired) electrons. The van der Waals surface area contributed by atoms with Crippen LogP contribution in [0.1, 0.15) is 19.3 Å². The molecule has 0 bridgehead atoms. The molecule has 0 amide bonds. The lowest BCUT2D eigenvalue weighted by atomic mass is 10.1. The van der Waals surface area contributed by atoms with Crippen LogP contribution in [-0.4, -0.2) is 19.1 Å². The summed E-state index contributed by atoms with van der Waals surface area (Å²) in [7, 11) is 0. The van der Waals surface area contributed by atoms with Crippen molar-refractivity contribution in [1.82, 2.24) is 5.32 Å². The highest BCUT2D eigenvalue weighted by Gasteiger charge is 2.12. The van der Waals surface area contributed by atoms with Gasteiger partial charge in [0.1, 0.15) is 5.82 Å². The molecule has 88 valence electrons.